The zero-order chi connectivity index (χ0) is 11.6. The van der Waals surface area contributed by atoms with Crippen LogP contribution in [0.3, 0.4) is 0 Å². The fourth-order valence-corrected chi connectivity index (χ4v) is 2.06. The Morgan fingerprint density at radius 2 is 2.07 bits per heavy atom. The highest BCUT2D eigenvalue weighted by atomic mass is 16.4. The third-order valence-corrected chi connectivity index (χ3v) is 2.97. The molecule has 0 amide bonds. The summed E-state index contributed by atoms with van der Waals surface area (Å²) in [6.45, 7) is 0. The quantitative estimate of drug-likeness (QED) is 0.361. The minimum atomic E-state index is -1.42. The Kier molecular flexibility index (Phi) is 3.72. The van der Waals surface area contributed by atoms with Gasteiger partial charge in [0.25, 0.3) is 0 Å². The average molecular weight is 217 g/mol. The Labute approximate surface area is 87.9 Å². The third kappa shape index (κ3) is 2.91. The van der Waals surface area contributed by atoms with E-state index in [0.29, 0.717) is 6.42 Å². The van der Waals surface area contributed by atoms with Crippen LogP contribution in [0.5, 0.6) is 0 Å². The van der Waals surface area contributed by atoms with Gasteiger partial charge in [-0.2, -0.15) is 0 Å². The molecule has 0 aliphatic heterocycles. The second-order valence-electron chi connectivity index (χ2n) is 4.25. The Morgan fingerprint density at radius 1 is 1.47 bits per heavy atom. The lowest BCUT2D eigenvalue weighted by atomic mass is 9.80. The first-order valence-corrected chi connectivity index (χ1v) is 4.91. The molecule has 7 heteroatoms. The van der Waals surface area contributed by atoms with Crippen LogP contribution < -0.4 is 5.73 Å². The van der Waals surface area contributed by atoms with E-state index in [1.54, 1.807) is 0 Å². The lowest BCUT2D eigenvalue weighted by Crippen LogP contribution is -2.45. The van der Waals surface area contributed by atoms with Crippen LogP contribution >= 0.6 is 0 Å². The van der Waals surface area contributed by atoms with E-state index in [1.807, 2.05) is 0 Å². The normalized spacial score (nSPS) is 35.5. The lowest BCUT2D eigenvalue weighted by Gasteiger charge is -2.17. The number of aliphatic carboxylic acids is 1. The standard InChI is InChI=1S/C8H16BNO5/c10-8(7(12)13)3-5(6(11)4-8)1-2-9(14)15/h5-6,11,14-15H,1-4,10H2,(H,12,13)/t5-,6-,8+/m0/s1. The van der Waals surface area contributed by atoms with Gasteiger partial charge in [0.1, 0.15) is 5.54 Å². The van der Waals surface area contributed by atoms with Gasteiger partial charge in [0.15, 0.2) is 0 Å². The summed E-state index contributed by atoms with van der Waals surface area (Å²) >= 11 is 0. The van der Waals surface area contributed by atoms with Crippen molar-refractivity contribution in [3.63, 3.8) is 0 Å². The van der Waals surface area contributed by atoms with Crippen LogP contribution in [0.15, 0.2) is 0 Å². The molecule has 1 rings (SSSR count). The van der Waals surface area contributed by atoms with Gasteiger partial charge in [0.05, 0.1) is 6.10 Å². The second-order valence-corrected chi connectivity index (χ2v) is 4.25. The maximum absolute atomic E-state index is 10.8. The highest BCUT2D eigenvalue weighted by Crippen LogP contribution is 2.36. The summed E-state index contributed by atoms with van der Waals surface area (Å²) in [5, 5.41) is 35.8. The fourth-order valence-electron chi connectivity index (χ4n) is 2.06. The average Bonchev–Trinajstić information content (AvgIpc) is 2.39. The van der Waals surface area contributed by atoms with E-state index in [4.69, 9.17) is 20.9 Å². The largest absolute Gasteiger partial charge is 0.480 e. The number of carboxylic acids is 1. The second kappa shape index (κ2) is 4.48. The van der Waals surface area contributed by atoms with Crippen molar-refractivity contribution in [1.29, 1.82) is 0 Å². The minimum Gasteiger partial charge on any atom is -0.480 e. The lowest BCUT2D eigenvalue weighted by molar-refractivity contribution is -0.143. The highest BCUT2D eigenvalue weighted by Gasteiger charge is 2.47. The maximum atomic E-state index is 10.8. The molecule has 0 heterocycles. The molecule has 0 radical (unpaired) electrons. The van der Waals surface area contributed by atoms with Crippen LogP contribution in [-0.4, -0.2) is 45.0 Å². The van der Waals surface area contributed by atoms with Gasteiger partial charge in [0, 0.05) is 6.42 Å². The summed E-state index contributed by atoms with van der Waals surface area (Å²) in [6.07, 6.45) is -0.0856. The molecule has 3 atom stereocenters. The smallest absolute Gasteiger partial charge is 0.451 e. The molecule has 0 unspecified atom stereocenters. The van der Waals surface area contributed by atoms with Crippen molar-refractivity contribution >= 4 is 13.1 Å². The molecular formula is C8H16BNO5. The molecular weight excluding hydrogens is 201 g/mol. The van der Waals surface area contributed by atoms with Crippen LogP contribution in [0.1, 0.15) is 19.3 Å². The summed E-state index contributed by atoms with van der Waals surface area (Å²) in [5.41, 5.74) is 4.23. The monoisotopic (exact) mass is 217 g/mol. The van der Waals surface area contributed by atoms with Gasteiger partial charge < -0.3 is 26.0 Å². The summed E-state index contributed by atoms with van der Waals surface area (Å²) in [7, 11) is -1.42. The van der Waals surface area contributed by atoms with Crippen molar-refractivity contribution in [2.45, 2.75) is 37.2 Å². The van der Waals surface area contributed by atoms with E-state index in [1.165, 1.54) is 0 Å². The first kappa shape index (κ1) is 12.4. The molecule has 86 valence electrons. The van der Waals surface area contributed by atoms with Crippen molar-refractivity contribution < 1.29 is 25.1 Å². The van der Waals surface area contributed by atoms with Gasteiger partial charge in [-0.05, 0) is 25.1 Å². The zero-order valence-electron chi connectivity index (χ0n) is 8.33. The molecule has 0 saturated heterocycles. The molecule has 1 saturated carbocycles. The number of nitrogens with two attached hydrogens (primary N) is 1. The number of hydrogen-bond acceptors (Lipinski definition) is 5. The molecule has 6 N–H and O–H groups in total. The van der Waals surface area contributed by atoms with Crippen molar-refractivity contribution in [3.8, 4) is 0 Å². The molecule has 0 aromatic heterocycles. The Morgan fingerprint density at radius 3 is 2.47 bits per heavy atom. The first-order chi connectivity index (χ1) is 6.85. The number of aliphatic hydroxyl groups excluding tert-OH is 1. The van der Waals surface area contributed by atoms with E-state index in [2.05, 4.69) is 0 Å². The van der Waals surface area contributed by atoms with Gasteiger partial charge in [-0.15, -0.1) is 0 Å². The number of carboxylic acid groups (broad SMARTS) is 1. The van der Waals surface area contributed by atoms with E-state index in [-0.39, 0.29) is 25.1 Å². The summed E-state index contributed by atoms with van der Waals surface area (Å²) < 4.78 is 0. The summed E-state index contributed by atoms with van der Waals surface area (Å²) in [4.78, 5) is 10.8. The van der Waals surface area contributed by atoms with Crippen molar-refractivity contribution in [2.24, 2.45) is 11.7 Å². The third-order valence-electron chi connectivity index (χ3n) is 2.97. The van der Waals surface area contributed by atoms with Crippen LogP contribution in [0, 0.1) is 5.92 Å². The van der Waals surface area contributed by atoms with Crippen LogP contribution in [0.25, 0.3) is 0 Å². The molecule has 6 nitrogen and oxygen atoms in total. The Hall–Kier alpha value is -0.625. The van der Waals surface area contributed by atoms with Gasteiger partial charge in [-0.25, -0.2) is 0 Å². The summed E-state index contributed by atoms with van der Waals surface area (Å²) in [5.74, 6) is -1.39. The van der Waals surface area contributed by atoms with Crippen LogP contribution in [0.4, 0.5) is 0 Å². The molecule has 1 aliphatic rings. The van der Waals surface area contributed by atoms with Gasteiger partial charge in [-0.3, -0.25) is 4.79 Å². The Bertz CT molecular complexity index is 249. The Balaban J connectivity index is 2.53. The predicted molar refractivity (Wildman–Crippen MR) is 52.9 cm³/mol. The van der Waals surface area contributed by atoms with Crippen molar-refractivity contribution in [1.82, 2.24) is 0 Å². The number of carbonyl (C=O) groups is 1. The maximum Gasteiger partial charge on any atom is 0.451 e. The van der Waals surface area contributed by atoms with E-state index in [0.717, 1.165) is 0 Å². The number of hydrogen-bond donors (Lipinski definition) is 5. The molecule has 0 aromatic rings. The van der Waals surface area contributed by atoms with Crippen molar-refractivity contribution in [2.75, 3.05) is 0 Å². The molecule has 1 aliphatic carbocycles. The fraction of sp³-hybridized carbons (Fsp3) is 0.875. The molecule has 1 fully saturated rings. The van der Waals surface area contributed by atoms with Gasteiger partial charge in [-0.1, -0.05) is 0 Å². The molecule has 0 spiro atoms. The minimum absolute atomic E-state index is 0.0223. The topological polar surface area (TPSA) is 124 Å². The van der Waals surface area contributed by atoms with Gasteiger partial charge >= 0.3 is 13.1 Å². The number of aliphatic hydroxyl groups is 1. The predicted octanol–water partition coefficient (Wildman–Crippen LogP) is -1.60. The first-order valence-electron chi connectivity index (χ1n) is 4.91. The molecule has 15 heavy (non-hydrogen) atoms. The van der Waals surface area contributed by atoms with Gasteiger partial charge in [0.2, 0.25) is 0 Å². The van der Waals surface area contributed by atoms with Crippen LogP contribution in [-0.2, 0) is 4.79 Å². The van der Waals surface area contributed by atoms with E-state index in [9.17, 15) is 9.90 Å². The molecule has 0 aromatic carbocycles. The van der Waals surface area contributed by atoms with E-state index >= 15 is 0 Å². The van der Waals surface area contributed by atoms with Crippen molar-refractivity contribution in [3.05, 3.63) is 0 Å². The summed E-state index contributed by atoms with van der Waals surface area (Å²) in [6, 6.07) is 0. The number of rotatable bonds is 4. The molecule has 0 bridgehead atoms. The highest BCUT2D eigenvalue weighted by molar-refractivity contribution is 6.40. The SMILES string of the molecule is N[C@]1(C(=O)O)C[C@H](CCB(O)O)[C@@H](O)C1. The van der Waals surface area contributed by atoms with E-state index < -0.39 is 24.7 Å². The van der Waals surface area contributed by atoms with Crippen LogP contribution in [0.2, 0.25) is 6.32 Å². The zero-order valence-corrected chi connectivity index (χ0v) is 8.33.